The summed E-state index contributed by atoms with van der Waals surface area (Å²) in [6.07, 6.45) is 2.79. The van der Waals surface area contributed by atoms with Crippen LogP contribution in [0.4, 0.5) is 0 Å². The van der Waals surface area contributed by atoms with E-state index in [1.807, 2.05) is 0 Å². The summed E-state index contributed by atoms with van der Waals surface area (Å²) in [6.45, 7) is 18.0. The van der Waals surface area contributed by atoms with Crippen molar-refractivity contribution < 1.29 is 0 Å². The number of hydrazine groups is 1. The molecule has 0 bridgehead atoms. The minimum absolute atomic E-state index is 0.608. The van der Waals surface area contributed by atoms with Crippen LogP contribution in [0.2, 0.25) is 0 Å². The number of piperidine rings is 1. The van der Waals surface area contributed by atoms with Crippen molar-refractivity contribution in [2.45, 2.75) is 52.6 Å². The molecule has 124 valence electrons. The van der Waals surface area contributed by atoms with Crippen LogP contribution in [0.15, 0.2) is 0 Å². The van der Waals surface area contributed by atoms with Crippen LogP contribution in [0.5, 0.6) is 0 Å². The topological polar surface area (TPSA) is 13.0 Å². The second-order valence-electron chi connectivity index (χ2n) is 7.49. The number of rotatable bonds is 5. The van der Waals surface area contributed by atoms with Gasteiger partial charge >= 0.3 is 0 Å². The molecule has 0 spiro atoms. The van der Waals surface area contributed by atoms with Crippen molar-refractivity contribution in [3.8, 4) is 0 Å². The van der Waals surface area contributed by atoms with Crippen LogP contribution < -0.4 is 0 Å². The maximum atomic E-state index is 2.69. The van der Waals surface area contributed by atoms with Crippen molar-refractivity contribution >= 4 is 0 Å². The molecule has 4 nitrogen and oxygen atoms in total. The van der Waals surface area contributed by atoms with Gasteiger partial charge in [0.25, 0.3) is 0 Å². The third-order valence-corrected chi connectivity index (χ3v) is 5.44. The SMILES string of the molecule is CC(C)N1CCC(CN2CCN(N(C)C(C)C)CC2)CC1. The molecule has 2 aliphatic rings. The van der Waals surface area contributed by atoms with Gasteiger partial charge in [0.15, 0.2) is 0 Å². The Morgan fingerprint density at radius 1 is 0.905 bits per heavy atom. The maximum absolute atomic E-state index is 2.69. The van der Waals surface area contributed by atoms with Gasteiger partial charge in [0.05, 0.1) is 0 Å². The van der Waals surface area contributed by atoms with Gasteiger partial charge in [-0.3, -0.25) is 0 Å². The lowest BCUT2D eigenvalue weighted by Crippen LogP contribution is -2.55. The van der Waals surface area contributed by atoms with Gasteiger partial charge in [-0.1, -0.05) is 0 Å². The maximum Gasteiger partial charge on any atom is 0.0261 e. The Kier molecular flexibility index (Phi) is 6.48. The van der Waals surface area contributed by atoms with E-state index in [9.17, 15) is 0 Å². The molecule has 0 radical (unpaired) electrons. The zero-order valence-corrected chi connectivity index (χ0v) is 14.9. The smallest absolute Gasteiger partial charge is 0.0261 e. The Balaban J connectivity index is 1.68. The van der Waals surface area contributed by atoms with Gasteiger partial charge in [0.2, 0.25) is 0 Å². The Morgan fingerprint density at radius 2 is 1.48 bits per heavy atom. The molecule has 0 saturated carbocycles. The van der Waals surface area contributed by atoms with Gasteiger partial charge < -0.3 is 9.80 Å². The Morgan fingerprint density at radius 3 is 1.95 bits per heavy atom. The van der Waals surface area contributed by atoms with Gasteiger partial charge in [0, 0.05) is 51.9 Å². The van der Waals surface area contributed by atoms with Gasteiger partial charge in [-0.25, -0.2) is 10.0 Å². The van der Waals surface area contributed by atoms with Crippen molar-refractivity contribution in [3.63, 3.8) is 0 Å². The molecule has 0 N–H and O–H groups in total. The van der Waals surface area contributed by atoms with E-state index in [2.05, 4.69) is 54.6 Å². The lowest BCUT2D eigenvalue weighted by Gasteiger charge is -2.43. The lowest BCUT2D eigenvalue weighted by molar-refractivity contribution is -0.0612. The average molecular weight is 297 g/mol. The molecule has 2 fully saturated rings. The highest BCUT2D eigenvalue weighted by molar-refractivity contribution is 4.79. The normalized spacial score (nSPS) is 24.6. The predicted molar refractivity (Wildman–Crippen MR) is 90.3 cm³/mol. The summed E-state index contributed by atoms with van der Waals surface area (Å²) in [4.78, 5) is 5.33. The fourth-order valence-electron chi connectivity index (χ4n) is 3.58. The molecule has 0 aromatic heterocycles. The zero-order chi connectivity index (χ0) is 15.4. The summed E-state index contributed by atoms with van der Waals surface area (Å²) < 4.78 is 0. The van der Waals surface area contributed by atoms with Crippen LogP contribution in [0.3, 0.4) is 0 Å². The van der Waals surface area contributed by atoms with Crippen molar-refractivity contribution in [1.82, 2.24) is 19.8 Å². The molecule has 2 rings (SSSR count). The van der Waals surface area contributed by atoms with Gasteiger partial charge in [-0.2, -0.15) is 0 Å². The van der Waals surface area contributed by atoms with Crippen LogP contribution in [0.25, 0.3) is 0 Å². The molecule has 0 aliphatic carbocycles. The summed E-state index contributed by atoms with van der Waals surface area (Å²) in [5, 5.41) is 4.92. The quantitative estimate of drug-likeness (QED) is 0.769. The van der Waals surface area contributed by atoms with E-state index >= 15 is 0 Å². The van der Waals surface area contributed by atoms with Crippen molar-refractivity contribution in [2.24, 2.45) is 5.92 Å². The lowest BCUT2D eigenvalue weighted by atomic mass is 9.95. The monoisotopic (exact) mass is 296 g/mol. The van der Waals surface area contributed by atoms with Crippen LogP contribution >= 0.6 is 0 Å². The van der Waals surface area contributed by atoms with E-state index in [0.29, 0.717) is 6.04 Å². The van der Waals surface area contributed by atoms with Crippen molar-refractivity contribution in [1.29, 1.82) is 0 Å². The van der Waals surface area contributed by atoms with Gasteiger partial charge in [0.1, 0.15) is 0 Å². The molecule has 0 aromatic carbocycles. The molecular weight excluding hydrogens is 260 g/mol. The first-order valence-corrected chi connectivity index (χ1v) is 8.91. The first kappa shape index (κ1) is 17.2. The molecular formula is C17H36N4. The molecule has 0 amide bonds. The Bertz CT molecular complexity index is 289. The number of likely N-dealkylation sites (tertiary alicyclic amines) is 1. The second kappa shape index (κ2) is 7.91. The number of hydrogen-bond donors (Lipinski definition) is 0. The van der Waals surface area contributed by atoms with E-state index in [1.165, 1.54) is 58.7 Å². The van der Waals surface area contributed by atoms with Crippen molar-refractivity contribution in [3.05, 3.63) is 0 Å². The predicted octanol–water partition coefficient (Wildman–Crippen LogP) is 1.98. The Hall–Kier alpha value is -0.160. The highest BCUT2D eigenvalue weighted by atomic mass is 15.6. The molecule has 0 aromatic rings. The third kappa shape index (κ3) is 4.92. The molecule has 2 heterocycles. The van der Waals surface area contributed by atoms with Crippen LogP contribution in [0, 0.1) is 5.92 Å². The van der Waals surface area contributed by atoms with E-state index in [0.717, 1.165) is 12.0 Å². The second-order valence-corrected chi connectivity index (χ2v) is 7.49. The summed E-state index contributed by atoms with van der Waals surface area (Å²) in [6, 6.07) is 1.33. The van der Waals surface area contributed by atoms with E-state index < -0.39 is 0 Å². The standard InChI is InChI=1S/C17H36N4/c1-15(2)18(5)21-12-10-19(11-13-21)14-17-6-8-20(9-7-17)16(3)4/h15-17H,6-14H2,1-5H3. The first-order chi connectivity index (χ1) is 9.97. The third-order valence-electron chi connectivity index (χ3n) is 5.44. The van der Waals surface area contributed by atoms with Gasteiger partial charge in [-0.05, 0) is 59.5 Å². The molecule has 2 saturated heterocycles. The highest BCUT2D eigenvalue weighted by Gasteiger charge is 2.26. The van der Waals surface area contributed by atoms with E-state index in [-0.39, 0.29) is 0 Å². The summed E-state index contributed by atoms with van der Waals surface area (Å²) in [5.41, 5.74) is 0. The first-order valence-electron chi connectivity index (χ1n) is 8.91. The van der Waals surface area contributed by atoms with Gasteiger partial charge in [-0.15, -0.1) is 0 Å². The van der Waals surface area contributed by atoms with E-state index in [1.54, 1.807) is 0 Å². The fourth-order valence-corrected chi connectivity index (χ4v) is 3.58. The zero-order valence-electron chi connectivity index (χ0n) is 14.9. The van der Waals surface area contributed by atoms with Crippen LogP contribution in [-0.4, -0.2) is 84.8 Å². The molecule has 4 heteroatoms. The number of nitrogens with zero attached hydrogens (tertiary/aromatic N) is 4. The summed E-state index contributed by atoms with van der Waals surface area (Å²) >= 11 is 0. The Labute approximate surface area is 132 Å². The minimum atomic E-state index is 0.608. The molecule has 2 aliphatic heterocycles. The van der Waals surface area contributed by atoms with Crippen molar-refractivity contribution in [2.75, 3.05) is 52.9 Å². The molecule has 21 heavy (non-hydrogen) atoms. The minimum Gasteiger partial charge on any atom is -0.301 e. The van der Waals surface area contributed by atoms with Crippen LogP contribution in [0.1, 0.15) is 40.5 Å². The number of hydrogen-bond acceptors (Lipinski definition) is 4. The summed E-state index contributed by atoms with van der Waals surface area (Å²) in [5.74, 6) is 0.925. The fraction of sp³-hybridized carbons (Fsp3) is 1.00. The van der Waals surface area contributed by atoms with E-state index in [4.69, 9.17) is 0 Å². The molecule has 0 unspecified atom stereocenters. The highest BCUT2D eigenvalue weighted by Crippen LogP contribution is 2.20. The molecule has 0 atom stereocenters. The summed E-state index contributed by atoms with van der Waals surface area (Å²) in [7, 11) is 2.22. The average Bonchev–Trinajstić information content (AvgIpc) is 2.47. The largest absolute Gasteiger partial charge is 0.301 e. The van der Waals surface area contributed by atoms with Crippen LogP contribution in [-0.2, 0) is 0 Å². The number of piperazine rings is 1.